The number of hydrogen-bond donors (Lipinski definition) is 2. The second-order valence-electron chi connectivity index (χ2n) is 10.4. The normalized spacial score (nSPS) is 45.3. The summed E-state index contributed by atoms with van der Waals surface area (Å²) >= 11 is 0. The molecule has 4 rings (SSSR count). The average molecular weight is 392 g/mol. The fourth-order valence-electron chi connectivity index (χ4n) is 8.07. The zero-order valence-corrected chi connectivity index (χ0v) is 17.4. The van der Waals surface area contributed by atoms with E-state index in [0.29, 0.717) is 11.8 Å². The highest BCUT2D eigenvalue weighted by atomic mass is 19.1. The lowest BCUT2D eigenvalue weighted by atomic mass is 9.49. The Morgan fingerprint density at radius 2 is 1.89 bits per heavy atom. The van der Waals surface area contributed by atoms with Crippen LogP contribution in [0.3, 0.4) is 0 Å². The maximum absolute atomic E-state index is 13.2. The molecule has 4 fully saturated rings. The van der Waals surface area contributed by atoms with E-state index in [-0.39, 0.29) is 30.3 Å². The minimum Gasteiger partial charge on any atom is -0.403 e. The first-order valence-electron chi connectivity index (χ1n) is 11.5. The number of fused-ring (bicyclic) bond motifs is 5. The van der Waals surface area contributed by atoms with Crippen molar-refractivity contribution in [3.8, 4) is 0 Å². The lowest BCUT2D eigenvalue weighted by molar-refractivity contribution is -0.131. The Kier molecular flexibility index (Phi) is 5.74. The fourth-order valence-corrected chi connectivity index (χ4v) is 8.07. The van der Waals surface area contributed by atoms with Crippen molar-refractivity contribution in [3.63, 3.8) is 0 Å². The molecule has 28 heavy (non-hydrogen) atoms. The molecule has 0 aromatic rings. The summed E-state index contributed by atoms with van der Waals surface area (Å²) in [6.07, 6.45) is 13.6. The van der Waals surface area contributed by atoms with Crippen molar-refractivity contribution in [2.45, 2.75) is 64.7 Å². The van der Waals surface area contributed by atoms with E-state index in [0.717, 1.165) is 42.9 Å². The Morgan fingerprint density at radius 3 is 2.64 bits per heavy atom. The van der Waals surface area contributed by atoms with Crippen LogP contribution < -0.4 is 11.6 Å². The Balaban J connectivity index is 1.46. The number of carbonyl (C=O) groups is 1. The van der Waals surface area contributed by atoms with Crippen LogP contribution in [-0.2, 0) is 4.79 Å². The maximum atomic E-state index is 13.2. The Labute approximate surface area is 169 Å². The topological polar surface area (TPSA) is 72.3 Å². The van der Waals surface area contributed by atoms with Gasteiger partial charge in [0.2, 0.25) is 0 Å². The quantitative estimate of drug-likeness (QED) is 0.548. The van der Waals surface area contributed by atoms with Crippen LogP contribution in [0, 0.1) is 46.8 Å². The second kappa shape index (κ2) is 7.97. The maximum Gasteiger partial charge on any atom is 0.157 e. The molecular weight excluding hydrogens is 353 g/mol. The number of rotatable bonds is 5. The number of nitrogens with two attached hydrogens (primary N) is 2. The largest absolute Gasteiger partial charge is 0.403 e. The SMILES string of the molecule is CC12CCC3C4CCC(CF)CC4CCC3C1CCC2C(=O)CN(N)/C=C\N. The zero-order valence-electron chi connectivity index (χ0n) is 17.4. The van der Waals surface area contributed by atoms with Crippen molar-refractivity contribution in [1.29, 1.82) is 0 Å². The van der Waals surface area contributed by atoms with Crippen LogP contribution in [-0.4, -0.2) is 24.0 Å². The number of hydrogen-bond acceptors (Lipinski definition) is 4. The van der Waals surface area contributed by atoms with E-state index in [2.05, 4.69) is 6.92 Å². The van der Waals surface area contributed by atoms with E-state index in [1.807, 2.05) is 0 Å². The number of halogens is 1. The van der Waals surface area contributed by atoms with E-state index < -0.39 is 0 Å². The summed E-state index contributed by atoms with van der Waals surface area (Å²) in [5, 5.41) is 1.42. The summed E-state index contributed by atoms with van der Waals surface area (Å²) in [5.74, 6) is 10.5. The molecule has 0 amide bonds. The van der Waals surface area contributed by atoms with Crippen molar-refractivity contribution >= 4 is 5.78 Å². The lowest BCUT2D eigenvalue weighted by Gasteiger charge is -2.56. The molecule has 0 heterocycles. The van der Waals surface area contributed by atoms with Crippen molar-refractivity contribution in [2.75, 3.05) is 13.2 Å². The minimum atomic E-state index is -0.126. The van der Waals surface area contributed by atoms with Gasteiger partial charge in [-0.1, -0.05) is 6.92 Å². The molecule has 158 valence electrons. The molecule has 5 heteroatoms. The van der Waals surface area contributed by atoms with Gasteiger partial charge in [0.1, 0.15) is 0 Å². The molecule has 4 saturated carbocycles. The van der Waals surface area contributed by atoms with E-state index >= 15 is 0 Å². The first-order chi connectivity index (χ1) is 13.5. The molecule has 4 N–H and O–H groups in total. The van der Waals surface area contributed by atoms with E-state index in [4.69, 9.17) is 11.6 Å². The number of carbonyl (C=O) groups excluding carboxylic acids is 1. The zero-order chi connectivity index (χ0) is 19.9. The monoisotopic (exact) mass is 391 g/mol. The van der Waals surface area contributed by atoms with Crippen molar-refractivity contribution in [2.24, 2.45) is 58.4 Å². The van der Waals surface area contributed by atoms with Crippen LogP contribution in [0.4, 0.5) is 4.39 Å². The van der Waals surface area contributed by atoms with Gasteiger partial charge in [0.15, 0.2) is 5.78 Å². The molecule has 0 saturated heterocycles. The Bertz CT molecular complexity index is 611. The van der Waals surface area contributed by atoms with Crippen LogP contribution in [0.15, 0.2) is 12.4 Å². The molecule has 0 spiro atoms. The predicted molar refractivity (Wildman–Crippen MR) is 109 cm³/mol. The molecule has 0 radical (unpaired) electrons. The summed E-state index contributed by atoms with van der Waals surface area (Å²) in [4.78, 5) is 13.0. The van der Waals surface area contributed by atoms with Gasteiger partial charge in [-0.3, -0.25) is 9.18 Å². The van der Waals surface area contributed by atoms with E-state index in [9.17, 15) is 9.18 Å². The number of alkyl halides is 1. The first-order valence-corrected chi connectivity index (χ1v) is 11.5. The molecule has 4 nitrogen and oxygen atoms in total. The highest BCUT2D eigenvalue weighted by Crippen LogP contribution is 2.64. The summed E-state index contributed by atoms with van der Waals surface area (Å²) in [6.45, 7) is 2.51. The van der Waals surface area contributed by atoms with Gasteiger partial charge < -0.3 is 10.7 Å². The van der Waals surface area contributed by atoms with Gasteiger partial charge in [0.05, 0.1) is 13.2 Å². The number of ketones is 1. The highest BCUT2D eigenvalue weighted by molar-refractivity contribution is 5.84. The van der Waals surface area contributed by atoms with Gasteiger partial charge in [0, 0.05) is 18.3 Å². The Morgan fingerprint density at radius 1 is 1.11 bits per heavy atom. The standard InChI is InChI=1S/C23H38FN3O/c1-23-9-8-18-17-4-2-15(13-24)12-16(17)3-5-19(18)20(23)6-7-21(23)22(28)14-27(26)11-10-25/h10-11,15-21H,2-9,12-14,25-26H2,1H3/b11-10-. The smallest absolute Gasteiger partial charge is 0.157 e. The van der Waals surface area contributed by atoms with Gasteiger partial charge in [-0.25, -0.2) is 5.84 Å². The summed E-state index contributed by atoms with van der Waals surface area (Å²) in [7, 11) is 0. The summed E-state index contributed by atoms with van der Waals surface area (Å²) in [6, 6.07) is 0. The van der Waals surface area contributed by atoms with Gasteiger partial charge in [-0.05, 0) is 98.7 Å². The lowest BCUT2D eigenvalue weighted by Crippen LogP contribution is -2.50. The van der Waals surface area contributed by atoms with Crippen LogP contribution in [0.1, 0.15) is 64.7 Å². The molecule has 4 aliphatic rings. The summed E-state index contributed by atoms with van der Waals surface area (Å²) in [5.41, 5.74) is 5.53. The molecule has 0 aromatic carbocycles. The summed E-state index contributed by atoms with van der Waals surface area (Å²) < 4.78 is 13.2. The number of hydrazine groups is 1. The van der Waals surface area contributed by atoms with Crippen molar-refractivity contribution in [1.82, 2.24) is 5.01 Å². The van der Waals surface area contributed by atoms with E-state index in [1.54, 1.807) is 6.20 Å². The van der Waals surface area contributed by atoms with E-state index in [1.165, 1.54) is 49.7 Å². The van der Waals surface area contributed by atoms with Crippen LogP contribution in [0.25, 0.3) is 0 Å². The average Bonchev–Trinajstić information content (AvgIpc) is 3.04. The van der Waals surface area contributed by atoms with Crippen molar-refractivity contribution in [3.05, 3.63) is 12.4 Å². The van der Waals surface area contributed by atoms with Gasteiger partial charge in [0.25, 0.3) is 0 Å². The first kappa shape index (κ1) is 20.2. The predicted octanol–water partition coefficient (Wildman–Crippen LogP) is 4.02. The van der Waals surface area contributed by atoms with Crippen LogP contribution in [0.2, 0.25) is 0 Å². The van der Waals surface area contributed by atoms with Crippen LogP contribution in [0.5, 0.6) is 0 Å². The Hall–Kier alpha value is -1.10. The number of nitrogens with zero attached hydrogens (tertiary/aromatic N) is 1. The van der Waals surface area contributed by atoms with Gasteiger partial charge >= 0.3 is 0 Å². The fraction of sp³-hybridized carbons (Fsp3) is 0.870. The van der Waals surface area contributed by atoms with Gasteiger partial charge in [-0.15, -0.1) is 0 Å². The van der Waals surface area contributed by atoms with Crippen LogP contribution >= 0.6 is 0 Å². The molecule has 0 aromatic heterocycles. The molecule has 4 aliphatic carbocycles. The van der Waals surface area contributed by atoms with Gasteiger partial charge in [-0.2, -0.15) is 0 Å². The molecule has 8 unspecified atom stereocenters. The van der Waals surface area contributed by atoms with Crippen molar-refractivity contribution < 1.29 is 9.18 Å². The third-order valence-corrected chi connectivity index (χ3v) is 9.29. The molecule has 0 aliphatic heterocycles. The third-order valence-electron chi connectivity index (χ3n) is 9.29. The third kappa shape index (κ3) is 3.38. The molecular formula is C23H38FN3O. The second-order valence-corrected chi connectivity index (χ2v) is 10.4. The minimum absolute atomic E-state index is 0.126. The molecule has 8 atom stereocenters. The molecule has 0 bridgehead atoms. The highest BCUT2D eigenvalue weighted by Gasteiger charge is 2.58. The number of Topliss-reactive ketones (excluding diaryl/α,β-unsaturated/α-hetero) is 1.